The Morgan fingerprint density at radius 3 is 2.58 bits per heavy atom. The van der Waals surface area contributed by atoms with Crippen LogP contribution in [0.2, 0.25) is 0 Å². The number of ether oxygens (including phenoxy) is 1. The molecule has 0 radical (unpaired) electrons. The fourth-order valence-electron chi connectivity index (χ4n) is 2.68. The fraction of sp³-hybridized carbons (Fsp3) is 0.167. The van der Waals surface area contributed by atoms with Gasteiger partial charge in [0.25, 0.3) is 5.56 Å². The Labute approximate surface area is 138 Å². The second-order valence-electron chi connectivity index (χ2n) is 5.39. The number of rotatable bonds is 3. The van der Waals surface area contributed by atoms with E-state index >= 15 is 0 Å². The second kappa shape index (κ2) is 6.16. The summed E-state index contributed by atoms with van der Waals surface area (Å²) in [7, 11) is 1.21. The van der Waals surface area contributed by atoms with Crippen LogP contribution in [0.25, 0.3) is 10.9 Å². The summed E-state index contributed by atoms with van der Waals surface area (Å²) in [6.45, 7) is 1.99. The summed E-state index contributed by atoms with van der Waals surface area (Å²) in [5.41, 5.74) is 1.24. The number of fused-ring (bicyclic) bond motifs is 1. The number of aryl methyl sites for hydroxylation is 1. The van der Waals surface area contributed by atoms with Crippen LogP contribution in [0.1, 0.15) is 21.7 Å². The maximum atomic E-state index is 12.4. The molecule has 0 saturated heterocycles. The lowest BCUT2D eigenvalue weighted by Crippen LogP contribution is -2.21. The number of esters is 1. The summed E-state index contributed by atoms with van der Waals surface area (Å²) in [6.07, 6.45) is 0. The van der Waals surface area contributed by atoms with Gasteiger partial charge in [-0.05, 0) is 18.6 Å². The second-order valence-corrected chi connectivity index (χ2v) is 5.39. The van der Waals surface area contributed by atoms with E-state index in [1.54, 1.807) is 13.0 Å². The molecule has 0 aliphatic heterocycles. The van der Waals surface area contributed by atoms with Gasteiger partial charge in [-0.2, -0.15) is 0 Å². The van der Waals surface area contributed by atoms with Crippen molar-refractivity contribution < 1.29 is 14.6 Å². The molecule has 0 aliphatic rings. The molecular formula is C18H16N2O4. The lowest BCUT2D eigenvalue weighted by molar-refractivity contribution is 0.0590. The van der Waals surface area contributed by atoms with E-state index in [2.05, 4.69) is 9.72 Å². The molecule has 1 aromatic carbocycles. The number of hydrogen-bond donors (Lipinski definition) is 1. The third-order valence-corrected chi connectivity index (χ3v) is 3.86. The van der Waals surface area contributed by atoms with Gasteiger partial charge in [0.2, 0.25) is 0 Å². The van der Waals surface area contributed by atoms with E-state index in [-0.39, 0.29) is 29.1 Å². The number of pyridine rings is 2. The smallest absolute Gasteiger partial charge is 0.360 e. The fourth-order valence-corrected chi connectivity index (χ4v) is 2.68. The minimum atomic E-state index is -0.750. The maximum Gasteiger partial charge on any atom is 0.360 e. The molecule has 0 amide bonds. The van der Waals surface area contributed by atoms with Crippen molar-refractivity contribution >= 4 is 16.9 Å². The van der Waals surface area contributed by atoms with Crippen molar-refractivity contribution in [3.05, 3.63) is 69.8 Å². The van der Waals surface area contributed by atoms with Gasteiger partial charge in [-0.3, -0.25) is 4.79 Å². The van der Waals surface area contributed by atoms with Crippen molar-refractivity contribution in [3.63, 3.8) is 0 Å². The third-order valence-electron chi connectivity index (χ3n) is 3.86. The molecule has 0 atom stereocenters. The molecule has 2 aromatic heterocycles. The van der Waals surface area contributed by atoms with Crippen LogP contribution >= 0.6 is 0 Å². The zero-order valence-electron chi connectivity index (χ0n) is 13.3. The zero-order chi connectivity index (χ0) is 17.3. The highest BCUT2D eigenvalue weighted by atomic mass is 16.5. The van der Waals surface area contributed by atoms with Crippen LogP contribution in [0.5, 0.6) is 5.75 Å². The standard InChI is InChI=1S/C18H16N2O4/c1-11-13-8-9-14(21)20(10-12-6-4-3-5-7-12)16(13)17(22)15(19-11)18(23)24-2/h3-9,22H,10H2,1-2H3. The molecule has 0 saturated carbocycles. The predicted molar refractivity (Wildman–Crippen MR) is 89.3 cm³/mol. The van der Waals surface area contributed by atoms with Gasteiger partial charge in [0.1, 0.15) is 0 Å². The topological polar surface area (TPSA) is 81.4 Å². The summed E-state index contributed by atoms with van der Waals surface area (Å²) in [6, 6.07) is 12.4. The number of carbonyl (C=O) groups is 1. The summed E-state index contributed by atoms with van der Waals surface area (Å²) >= 11 is 0. The number of benzene rings is 1. The summed E-state index contributed by atoms with van der Waals surface area (Å²) < 4.78 is 6.09. The van der Waals surface area contributed by atoms with Gasteiger partial charge in [-0.25, -0.2) is 9.78 Å². The van der Waals surface area contributed by atoms with E-state index in [1.807, 2.05) is 30.3 Å². The maximum absolute atomic E-state index is 12.4. The Morgan fingerprint density at radius 2 is 1.92 bits per heavy atom. The Hall–Kier alpha value is -3.15. The van der Waals surface area contributed by atoms with E-state index in [9.17, 15) is 14.7 Å². The zero-order valence-corrected chi connectivity index (χ0v) is 13.3. The first-order valence-corrected chi connectivity index (χ1v) is 7.38. The van der Waals surface area contributed by atoms with Gasteiger partial charge in [-0.15, -0.1) is 0 Å². The molecule has 1 N–H and O–H groups in total. The molecule has 6 heteroatoms. The third kappa shape index (κ3) is 2.62. The molecule has 3 aromatic rings. The van der Waals surface area contributed by atoms with E-state index in [0.29, 0.717) is 11.1 Å². The van der Waals surface area contributed by atoms with Gasteiger partial charge in [-0.1, -0.05) is 30.3 Å². The Bertz CT molecular complexity index is 978. The van der Waals surface area contributed by atoms with Crippen LogP contribution in [0, 0.1) is 6.92 Å². The summed E-state index contributed by atoms with van der Waals surface area (Å²) in [5.74, 6) is -1.10. The van der Waals surface area contributed by atoms with E-state index in [4.69, 9.17) is 0 Å². The van der Waals surface area contributed by atoms with Crippen molar-refractivity contribution in [1.29, 1.82) is 0 Å². The SMILES string of the molecule is COC(=O)c1nc(C)c2ccc(=O)n(Cc3ccccc3)c2c1O. The predicted octanol–water partition coefficient (Wildman–Crippen LogP) is 2.25. The van der Waals surface area contributed by atoms with E-state index in [1.165, 1.54) is 17.7 Å². The highest BCUT2D eigenvalue weighted by molar-refractivity contribution is 5.98. The molecule has 0 bridgehead atoms. The summed E-state index contributed by atoms with van der Waals surface area (Å²) in [5, 5.41) is 11.1. The first-order valence-electron chi connectivity index (χ1n) is 7.38. The summed E-state index contributed by atoms with van der Waals surface area (Å²) in [4.78, 5) is 28.3. The van der Waals surface area contributed by atoms with Crippen LogP contribution in [0.15, 0.2) is 47.3 Å². The van der Waals surface area contributed by atoms with Gasteiger partial charge in [0.15, 0.2) is 11.4 Å². The molecule has 122 valence electrons. The molecule has 6 nitrogen and oxygen atoms in total. The Morgan fingerprint density at radius 1 is 1.21 bits per heavy atom. The van der Waals surface area contributed by atoms with Crippen molar-refractivity contribution in [2.75, 3.05) is 7.11 Å². The average Bonchev–Trinajstić information content (AvgIpc) is 2.60. The van der Waals surface area contributed by atoms with Crippen LogP contribution in [0.3, 0.4) is 0 Å². The van der Waals surface area contributed by atoms with Gasteiger partial charge < -0.3 is 14.4 Å². The minimum Gasteiger partial charge on any atom is -0.504 e. The number of hydrogen-bond acceptors (Lipinski definition) is 5. The molecule has 0 spiro atoms. The van der Waals surface area contributed by atoms with Crippen molar-refractivity contribution in [3.8, 4) is 5.75 Å². The minimum absolute atomic E-state index is 0.199. The Balaban J connectivity index is 2.32. The monoisotopic (exact) mass is 324 g/mol. The Kier molecular flexibility index (Phi) is 4.04. The number of carbonyl (C=O) groups excluding carboxylic acids is 1. The van der Waals surface area contributed by atoms with E-state index < -0.39 is 5.97 Å². The van der Waals surface area contributed by atoms with Crippen LogP contribution in [-0.4, -0.2) is 27.7 Å². The number of aromatic nitrogens is 2. The van der Waals surface area contributed by atoms with Crippen molar-refractivity contribution in [1.82, 2.24) is 9.55 Å². The van der Waals surface area contributed by atoms with Gasteiger partial charge in [0.05, 0.1) is 19.2 Å². The van der Waals surface area contributed by atoms with Gasteiger partial charge in [0, 0.05) is 17.1 Å². The van der Waals surface area contributed by atoms with Crippen molar-refractivity contribution in [2.24, 2.45) is 0 Å². The number of nitrogens with zero attached hydrogens (tertiary/aromatic N) is 2. The largest absolute Gasteiger partial charge is 0.504 e. The molecule has 0 aliphatic carbocycles. The average molecular weight is 324 g/mol. The lowest BCUT2D eigenvalue weighted by Gasteiger charge is -2.14. The van der Waals surface area contributed by atoms with Gasteiger partial charge >= 0.3 is 5.97 Å². The first kappa shape index (κ1) is 15.7. The number of aromatic hydroxyl groups is 1. The normalized spacial score (nSPS) is 10.8. The molecule has 0 unspecified atom stereocenters. The molecule has 3 rings (SSSR count). The highest BCUT2D eigenvalue weighted by Crippen LogP contribution is 2.29. The first-order chi connectivity index (χ1) is 11.5. The van der Waals surface area contributed by atoms with Crippen molar-refractivity contribution in [2.45, 2.75) is 13.5 Å². The lowest BCUT2D eigenvalue weighted by atomic mass is 10.1. The highest BCUT2D eigenvalue weighted by Gasteiger charge is 2.21. The quantitative estimate of drug-likeness (QED) is 0.747. The molecule has 24 heavy (non-hydrogen) atoms. The number of methoxy groups -OCH3 is 1. The van der Waals surface area contributed by atoms with Crippen LogP contribution in [-0.2, 0) is 11.3 Å². The molecular weight excluding hydrogens is 308 g/mol. The molecule has 2 heterocycles. The van der Waals surface area contributed by atoms with E-state index in [0.717, 1.165) is 5.56 Å². The van der Waals surface area contributed by atoms with Crippen LogP contribution < -0.4 is 5.56 Å². The van der Waals surface area contributed by atoms with Crippen LogP contribution in [0.4, 0.5) is 0 Å². The molecule has 0 fully saturated rings.